The second-order valence-electron chi connectivity index (χ2n) is 4.35. The monoisotopic (exact) mass is 269 g/mol. The number of amides is 1. The molecule has 102 valence electrons. The summed E-state index contributed by atoms with van der Waals surface area (Å²) in [5.74, 6) is 0.166. The fourth-order valence-corrected chi connectivity index (χ4v) is 2.77. The van der Waals surface area contributed by atoms with Gasteiger partial charge in [0.2, 0.25) is 5.91 Å². The molecule has 0 saturated heterocycles. The molecule has 1 unspecified atom stereocenters. The van der Waals surface area contributed by atoms with Gasteiger partial charge in [-0.1, -0.05) is 0 Å². The summed E-state index contributed by atoms with van der Waals surface area (Å²) in [5, 5.41) is 4.36. The van der Waals surface area contributed by atoms with Crippen molar-refractivity contribution < 1.29 is 4.79 Å². The van der Waals surface area contributed by atoms with E-state index in [9.17, 15) is 4.79 Å². The number of aryl methyl sites for hydroxylation is 2. The van der Waals surface area contributed by atoms with Gasteiger partial charge in [0.25, 0.3) is 0 Å². The molecule has 0 aliphatic carbocycles. The zero-order chi connectivity index (χ0) is 13.7. The molecule has 1 rings (SSSR count). The Balaban J connectivity index is 2.53. The first kappa shape index (κ1) is 15.1. The van der Waals surface area contributed by atoms with E-state index in [-0.39, 0.29) is 11.9 Å². The van der Waals surface area contributed by atoms with Crippen molar-refractivity contribution in [3.8, 4) is 0 Å². The molecule has 0 aromatic carbocycles. The fraction of sp³-hybridized carbons (Fsp3) is 0.692. The van der Waals surface area contributed by atoms with Gasteiger partial charge in [0.15, 0.2) is 0 Å². The van der Waals surface area contributed by atoms with Crippen molar-refractivity contribution in [2.24, 2.45) is 0 Å². The van der Waals surface area contributed by atoms with Crippen molar-refractivity contribution in [1.82, 2.24) is 15.2 Å². The van der Waals surface area contributed by atoms with Crippen LogP contribution in [0, 0.1) is 13.8 Å². The Morgan fingerprint density at radius 3 is 2.44 bits per heavy atom. The van der Waals surface area contributed by atoms with Crippen molar-refractivity contribution in [2.75, 3.05) is 13.1 Å². The Morgan fingerprint density at radius 2 is 2.00 bits per heavy atom. The first-order valence-electron chi connectivity index (χ1n) is 6.44. The van der Waals surface area contributed by atoms with Crippen molar-refractivity contribution in [1.29, 1.82) is 0 Å². The highest BCUT2D eigenvalue weighted by Gasteiger charge is 2.18. The van der Waals surface area contributed by atoms with E-state index in [1.54, 1.807) is 11.3 Å². The number of carbonyl (C=O) groups excluding carboxylic acids is 1. The summed E-state index contributed by atoms with van der Waals surface area (Å²) in [7, 11) is 0. The first-order valence-corrected chi connectivity index (χ1v) is 7.26. The zero-order valence-corrected chi connectivity index (χ0v) is 12.7. The molecule has 18 heavy (non-hydrogen) atoms. The van der Waals surface area contributed by atoms with Gasteiger partial charge < -0.3 is 10.2 Å². The molecule has 0 aliphatic rings. The van der Waals surface area contributed by atoms with Gasteiger partial charge in [0.05, 0.1) is 16.7 Å². The Kier molecular flexibility index (Phi) is 5.75. The van der Waals surface area contributed by atoms with Crippen LogP contribution in [0.2, 0.25) is 0 Å². The SMILES string of the molecule is CCN(CC)C(=O)C(C)NCc1sc(C)nc1C. The standard InChI is InChI=1S/C13H23N3OS/c1-6-16(7-2)13(17)10(4)14-8-12-9(3)15-11(5)18-12/h10,14H,6-8H2,1-5H3. The van der Waals surface area contributed by atoms with Crippen LogP contribution < -0.4 is 5.32 Å². The normalized spacial score (nSPS) is 12.5. The molecular formula is C13H23N3OS. The molecule has 1 aromatic heterocycles. The number of likely N-dealkylation sites (N-methyl/N-ethyl adjacent to an activating group) is 1. The van der Waals surface area contributed by atoms with Crippen molar-refractivity contribution in [3.05, 3.63) is 15.6 Å². The van der Waals surface area contributed by atoms with Crippen molar-refractivity contribution in [3.63, 3.8) is 0 Å². The Morgan fingerprint density at radius 1 is 1.39 bits per heavy atom. The molecule has 0 aliphatic heterocycles. The molecule has 0 spiro atoms. The van der Waals surface area contributed by atoms with Crippen molar-refractivity contribution >= 4 is 17.2 Å². The summed E-state index contributed by atoms with van der Waals surface area (Å²) in [6.45, 7) is 12.2. The van der Waals surface area contributed by atoms with E-state index in [4.69, 9.17) is 0 Å². The van der Waals surface area contributed by atoms with Crippen LogP contribution in [0.15, 0.2) is 0 Å². The van der Waals surface area contributed by atoms with E-state index >= 15 is 0 Å². The number of nitrogens with one attached hydrogen (secondary N) is 1. The summed E-state index contributed by atoms with van der Waals surface area (Å²) in [6.07, 6.45) is 0. The highest BCUT2D eigenvalue weighted by Crippen LogP contribution is 2.16. The number of thiazole rings is 1. The topological polar surface area (TPSA) is 45.2 Å². The Bertz CT molecular complexity index is 399. The molecule has 0 fully saturated rings. The number of hydrogen-bond donors (Lipinski definition) is 1. The molecule has 1 heterocycles. The van der Waals surface area contributed by atoms with E-state index < -0.39 is 0 Å². The third-order valence-corrected chi connectivity index (χ3v) is 4.09. The van der Waals surface area contributed by atoms with Crippen LogP contribution in [-0.4, -0.2) is 34.9 Å². The van der Waals surface area contributed by atoms with Crippen molar-refractivity contribution in [2.45, 2.75) is 47.2 Å². The summed E-state index contributed by atoms with van der Waals surface area (Å²) >= 11 is 1.69. The number of carbonyl (C=O) groups is 1. The molecule has 5 heteroatoms. The largest absolute Gasteiger partial charge is 0.342 e. The van der Waals surface area contributed by atoms with Gasteiger partial charge in [-0.15, -0.1) is 11.3 Å². The maximum atomic E-state index is 12.1. The number of rotatable bonds is 6. The third kappa shape index (κ3) is 3.78. The molecule has 1 atom stereocenters. The van der Waals surface area contributed by atoms with Crippen LogP contribution in [-0.2, 0) is 11.3 Å². The molecule has 1 amide bonds. The predicted octanol–water partition coefficient (Wildman–Crippen LogP) is 2.11. The maximum Gasteiger partial charge on any atom is 0.239 e. The number of nitrogens with zero attached hydrogens (tertiary/aromatic N) is 2. The average Bonchev–Trinajstić information content (AvgIpc) is 2.66. The van der Waals surface area contributed by atoms with Gasteiger partial charge in [-0.05, 0) is 34.6 Å². The van der Waals surface area contributed by atoms with Crippen LogP contribution in [0.4, 0.5) is 0 Å². The molecule has 0 bridgehead atoms. The van der Waals surface area contributed by atoms with Gasteiger partial charge in [-0.25, -0.2) is 4.98 Å². The van der Waals surface area contributed by atoms with Gasteiger partial charge in [0.1, 0.15) is 0 Å². The fourth-order valence-electron chi connectivity index (χ4n) is 1.88. The van der Waals surface area contributed by atoms with Gasteiger partial charge >= 0.3 is 0 Å². The van der Waals surface area contributed by atoms with Crippen LogP contribution in [0.5, 0.6) is 0 Å². The van der Waals surface area contributed by atoms with Gasteiger partial charge in [0, 0.05) is 24.5 Å². The molecular weight excluding hydrogens is 246 g/mol. The Labute approximate surface area is 113 Å². The smallest absolute Gasteiger partial charge is 0.239 e. The first-order chi connectivity index (χ1) is 8.49. The van der Waals surface area contributed by atoms with Gasteiger partial charge in [-0.3, -0.25) is 4.79 Å². The van der Waals surface area contributed by atoms with Crippen LogP contribution >= 0.6 is 11.3 Å². The number of aromatic nitrogens is 1. The third-order valence-electron chi connectivity index (χ3n) is 3.01. The van der Waals surface area contributed by atoms with Crippen LogP contribution in [0.3, 0.4) is 0 Å². The summed E-state index contributed by atoms with van der Waals surface area (Å²) in [5.41, 5.74) is 1.06. The molecule has 1 aromatic rings. The second-order valence-corrected chi connectivity index (χ2v) is 5.64. The summed E-state index contributed by atoms with van der Waals surface area (Å²) < 4.78 is 0. The minimum Gasteiger partial charge on any atom is -0.342 e. The van der Waals surface area contributed by atoms with Gasteiger partial charge in [-0.2, -0.15) is 0 Å². The predicted molar refractivity (Wildman–Crippen MR) is 75.8 cm³/mol. The minimum absolute atomic E-state index is 0.147. The lowest BCUT2D eigenvalue weighted by atomic mass is 10.2. The zero-order valence-electron chi connectivity index (χ0n) is 11.9. The highest BCUT2D eigenvalue weighted by atomic mass is 32.1. The van der Waals surface area contributed by atoms with E-state index in [0.717, 1.165) is 23.8 Å². The van der Waals surface area contributed by atoms with E-state index in [1.165, 1.54) is 4.88 Å². The summed E-state index contributed by atoms with van der Waals surface area (Å²) in [6, 6.07) is -0.147. The van der Waals surface area contributed by atoms with E-state index in [1.807, 2.05) is 39.5 Å². The molecule has 4 nitrogen and oxygen atoms in total. The molecule has 0 saturated carbocycles. The lowest BCUT2D eigenvalue weighted by Crippen LogP contribution is -2.44. The van der Waals surface area contributed by atoms with Crippen LogP contribution in [0.1, 0.15) is 36.3 Å². The lowest BCUT2D eigenvalue weighted by Gasteiger charge is -2.23. The van der Waals surface area contributed by atoms with E-state index in [0.29, 0.717) is 6.54 Å². The quantitative estimate of drug-likeness (QED) is 0.860. The molecule has 0 radical (unpaired) electrons. The van der Waals surface area contributed by atoms with Crippen LogP contribution in [0.25, 0.3) is 0 Å². The van der Waals surface area contributed by atoms with E-state index in [2.05, 4.69) is 10.3 Å². The lowest BCUT2D eigenvalue weighted by molar-refractivity contribution is -0.132. The summed E-state index contributed by atoms with van der Waals surface area (Å²) in [4.78, 5) is 19.5. The Hall–Kier alpha value is -0.940. The molecule has 1 N–H and O–H groups in total. The minimum atomic E-state index is -0.147. The highest BCUT2D eigenvalue weighted by molar-refractivity contribution is 7.11. The second kappa shape index (κ2) is 6.85. The number of hydrogen-bond acceptors (Lipinski definition) is 4. The average molecular weight is 269 g/mol. The maximum absolute atomic E-state index is 12.1.